The number of hydrogen-bond donors (Lipinski definition) is 1. The first-order valence-electron chi connectivity index (χ1n) is 11.1. The van der Waals surface area contributed by atoms with Crippen LogP contribution in [0, 0.1) is 0 Å². The second-order valence-electron chi connectivity index (χ2n) is 8.09. The van der Waals surface area contributed by atoms with Gasteiger partial charge >= 0.3 is 0 Å². The number of nitrogens with zero attached hydrogens (tertiary/aromatic N) is 4. The van der Waals surface area contributed by atoms with Crippen molar-refractivity contribution < 1.29 is 9.59 Å². The van der Waals surface area contributed by atoms with E-state index in [-0.39, 0.29) is 11.8 Å². The average molecular weight is 548 g/mol. The summed E-state index contributed by atoms with van der Waals surface area (Å²) in [6.45, 7) is 0.715. The van der Waals surface area contributed by atoms with Crippen LogP contribution in [0.1, 0.15) is 15.9 Å². The molecule has 0 aliphatic carbocycles. The monoisotopic (exact) mass is 547 g/mol. The van der Waals surface area contributed by atoms with Crippen molar-refractivity contribution in [2.45, 2.75) is 11.6 Å². The second-order valence-corrected chi connectivity index (χ2v) is 9.89. The molecule has 0 bridgehead atoms. The summed E-state index contributed by atoms with van der Waals surface area (Å²) in [4.78, 5) is 27.2. The Morgan fingerprint density at radius 1 is 1.00 bits per heavy atom. The van der Waals surface area contributed by atoms with Crippen LogP contribution in [0.5, 0.6) is 0 Å². The molecular formula is C26H22BrN5O2S. The average Bonchev–Trinajstić information content (AvgIpc) is 3.47. The second kappa shape index (κ2) is 10.1. The van der Waals surface area contributed by atoms with Gasteiger partial charge in [-0.05, 0) is 70.4 Å². The normalized spacial score (nSPS) is 12.5. The number of thioether (sulfide) groups is 1. The molecule has 1 aliphatic rings. The van der Waals surface area contributed by atoms with Crippen molar-refractivity contribution in [2.24, 2.45) is 7.05 Å². The summed E-state index contributed by atoms with van der Waals surface area (Å²) in [6.07, 6.45) is 0.889. The topological polar surface area (TPSA) is 80.1 Å². The number of halogens is 1. The molecule has 2 heterocycles. The molecular weight excluding hydrogens is 526 g/mol. The molecule has 7 nitrogen and oxygen atoms in total. The Morgan fingerprint density at radius 3 is 2.54 bits per heavy atom. The summed E-state index contributed by atoms with van der Waals surface area (Å²) >= 11 is 4.79. The lowest BCUT2D eigenvalue weighted by Gasteiger charge is -2.16. The SMILES string of the molecule is Cn1c(SCC(=O)N2CCc3ccccc32)nnc1-c1ccc(NC(=O)c2ccccc2Br)cc1. The minimum atomic E-state index is -0.187. The van der Waals surface area contributed by atoms with E-state index in [1.165, 1.54) is 17.3 Å². The molecule has 1 aliphatic heterocycles. The first-order valence-corrected chi connectivity index (χ1v) is 12.9. The third kappa shape index (κ3) is 4.87. The summed E-state index contributed by atoms with van der Waals surface area (Å²) in [5.41, 5.74) is 4.33. The summed E-state index contributed by atoms with van der Waals surface area (Å²) in [5, 5.41) is 12.2. The Bertz CT molecular complexity index is 1400. The van der Waals surface area contributed by atoms with Gasteiger partial charge in [0.05, 0.1) is 11.3 Å². The maximum Gasteiger partial charge on any atom is 0.256 e. The van der Waals surface area contributed by atoms with Crippen molar-refractivity contribution in [2.75, 3.05) is 22.5 Å². The van der Waals surface area contributed by atoms with Crippen molar-refractivity contribution in [3.63, 3.8) is 0 Å². The molecule has 0 atom stereocenters. The van der Waals surface area contributed by atoms with Gasteiger partial charge < -0.3 is 14.8 Å². The van der Waals surface area contributed by atoms with Crippen LogP contribution in [0.3, 0.4) is 0 Å². The van der Waals surface area contributed by atoms with Gasteiger partial charge in [0, 0.05) is 35.0 Å². The van der Waals surface area contributed by atoms with E-state index in [1.54, 1.807) is 6.07 Å². The fraction of sp³-hybridized carbons (Fsp3) is 0.154. The molecule has 0 fully saturated rings. The van der Waals surface area contributed by atoms with Gasteiger partial charge in [0.15, 0.2) is 11.0 Å². The first-order chi connectivity index (χ1) is 17.0. The molecule has 5 rings (SSSR count). The van der Waals surface area contributed by atoms with Crippen LogP contribution in [-0.4, -0.2) is 38.9 Å². The van der Waals surface area contributed by atoms with Crippen molar-refractivity contribution in [1.29, 1.82) is 0 Å². The number of anilines is 2. The number of hydrogen-bond acceptors (Lipinski definition) is 5. The zero-order valence-electron chi connectivity index (χ0n) is 18.9. The number of aromatic nitrogens is 3. The molecule has 3 aromatic carbocycles. The zero-order valence-corrected chi connectivity index (χ0v) is 21.3. The van der Waals surface area contributed by atoms with Crippen molar-refractivity contribution in [3.05, 3.63) is 88.4 Å². The number of amides is 2. The Balaban J connectivity index is 1.23. The van der Waals surface area contributed by atoms with E-state index in [9.17, 15) is 9.59 Å². The molecule has 0 spiro atoms. The van der Waals surface area contributed by atoms with Gasteiger partial charge in [-0.15, -0.1) is 10.2 Å². The lowest BCUT2D eigenvalue weighted by molar-refractivity contribution is -0.116. The highest BCUT2D eigenvalue weighted by atomic mass is 79.9. The molecule has 4 aromatic rings. The smallest absolute Gasteiger partial charge is 0.256 e. The Hall–Kier alpha value is -3.43. The first kappa shape index (κ1) is 23.3. The molecule has 0 saturated heterocycles. The standard InChI is InChI=1S/C26H22BrN5O2S/c1-31-24(18-10-12-19(13-11-18)28-25(34)20-7-3-4-8-21(20)27)29-30-26(31)35-16-23(33)32-15-14-17-6-2-5-9-22(17)32/h2-13H,14-16H2,1H3,(H,28,34). The predicted octanol–water partition coefficient (Wildman–Crippen LogP) is 5.18. The number of rotatable bonds is 6. The third-order valence-corrected chi connectivity index (χ3v) is 7.56. The molecule has 1 N–H and O–H groups in total. The van der Waals surface area contributed by atoms with E-state index in [2.05, 4.69) is 37.5 Å². The minimum Gasteiger partial charge on any atom is -0.322 e. The molecule has 0 unspecified atom stereocenters. The van der Waals surface area contributed by atoms with Gasteiger partial charge in [0.25, 0.3) is 5.91 Å². The van der Waals surface area contributed by atoms with E-state index in [0.717, 1.165) is 22.1 Å². The molecule has 0 saturated carbocycles. The summed E-state index contributed by atoms with van der Waals surface area (Å²) in [5.74, 6) is 0.859. The number of fused-ring (bicyclic) bond motifs is 1. The van der Waals surface area contributed by atoms with Crippen molar-refractivity contribution in [1.82, 2.24) is 14.8 Å². The number of benzene rings is 3. The highest BCUT2D eigenvalue weighted by Crippen LogP contribution is 2.29. The highest BCUT2D eigenvalue weighted by Gasteiger charge is 2.24. The summed E-state index contributed by atoms with van der Waals surface area (Å²) < 4.78 is 2.62. The van der Waals surface area contributed by atoms with Crippen molar-refractivity contribution in [3.8, 4) is 11.4 Å². The van der Waals surface area contributed by atoms with Gasteiger partial charge in [-0.2, -0.15) is 0 Å². The van der Waals surface area contributed by atoms with E-state index in [0.29, 0.717) is 34.5 Å². The Morgan fingerprint density at radius 2 is 1.74 bits per heavy atom. The van der Waals surface area contributed by atoms with Gasteiger partial charge in [0.2, 0.25) is 5.91 Å². The van der Waals surface area contributed by atoms with E-state index < -0.39 is 0 Å². The van der Waals surface area contributed by atoms with Gasteiger partial charge in [-0.3, -0.25) is 9.59 Å². The van der Waals surface area contributed by atoms with Gasteiger partial charge in [-0.25, -0.2) is 0 Å². The maximum atomic E-state index is 12.8. The number of carbonyl (C=O) groups excluding carboxylic acids is 2. The van der Waals surface area contributed by atoms with E-state index in [4.69, 9.17) is 0 Å². The molecule has 176 valence electrons. The maximum absolute atomic E-state index is 12.8. The Kier molecular flexibility index (Phi) is 6.70. The third-order valence-electron chi connectivity index (χ3n) is 5.87. The van der Waals surface area contributed by atoms with Crippen LogP contribution in [0.25, 0.3) is 11.4 Å². The van der Waals surface area contributed by atoms with Crippen LogP contribution in [0.4, 0.5) is 11.4 Å². The fourth-order valence-electron chi connectivity index (χ4n) is 4.04. The lowest BCUT2D eigenvalue weighted by Crippen LogP contribution is -2.30. The van der Waals surface area contributed by atoms with Crippen LogP contribution in [-0.2, 0) is 18.3 Å². The van der Waals surface area contributed by atoms with Crippen molar-refractivity contribution >= 4 is 50.9 Å². The van der Waals surface area contributed by atoms with Crippen LogP contribution >= 0.6 is 27.7 Å². The predicted molar refractivity (Wildman–Crippen MR) is 142 cm³/mol. The minimum absolute atomic E-state index is 0.0645. The molecule has 35 heavy (non-hydrogen) atoms. The number of para-hydroxylation sites is 1. The molecule has 9 heteroatoms. The van der Waals surface area contributed by atoms with Gasteiger partial charge in [0.1, 0.15) is 0 Å². The highest BCUT2D eigenvalue weighted by molar-refractivity contribution is 9.10. The van der Waals surface area contributed by atoms with E-state index >= 15 is 0 Å². The fourth-order valence-corrected chi connectivity index (χ4v) is 5.29. The largest absolute Gasteiger partial charge is 0.322 e. The summed E-state index contributed by atoms with van der Waals surface area (Å²) in [6, 6.07) is 22.8. The number of nitrogens with one attached hydrogen (secondary N) is 1. The van der Waals surface area contributed by atoms with Gasteiger partial charge in [-0.1, -0.05) is 42.1 Å². The van der Waals surface area contributed by atoms with Crippen LogP contribution in [0.15, 0.2) is 82.4 Å². The zero-order chi connectivity index (χ0) is 24.4. The van der Waals surface area contributed by atoms with Crippen LogP contribution < -0.4 is 10.2 Å². The molecule has 1 aromatic heterocycles. The Labute approximate surface area is 215 Å². The summed E-state index contributed by atoms with van der Waals surface area (Å²) in [7, 11) is 1.88. The molecule has 0 radical (unpaired) electrons. The quantitative estimate of drug-likeness (QED) is 0.336. The van der Waals surface area contributed by atoms with Crippen LogP contribution in [0.2, 0.25) is 0 Å². The molecule has 2 amide bonds. The lowest BCUT2D eigenvalue weighted by atomic mass is 10.1. The van der Waals surface area contributed by atoms with E-state index in [1.807, 2.05) is 77.2 Å². The number of carbonyl (C=O) groups is 2.